The van der Waals surface area contributed by atoms with Gasteiger partial charge in [-0.25, -0.2) is 0 Å². The zero-order chi connectivity index (χ0) is 28.6. The summed E-state index contributed by atoms with van der Waals surface area (Å²) in [5, 5.41) is 10.7. The van der Waals surface area contributed by atoms with E-state index in [4.69, 9.17) is 19.7 Å². The largest absolute Gasteiger partial charge is 0.497 e. The number of hydrogen-bond donors (Lipinski definition) is 0. The summed E-state index contributed by atoms with van der Waals surface area (Å²) in [5.41, 5.74) is 6.10. The molecule has 2 atom stereocenters. The minimum absolute atomic E-state index is 0.158. The van der Waals surface area contributed by atoms with Crippen LogP contribution < -0.4 is 9.47 Å². The van der Waals surface area contributed by atoms with Gasteiger partial charge in [-0.05, 0) is 48.2 Å². The van der Waals surface area contributed by atoms with Crippen molar-refractivity contribution in [2.75, 3.05) is 24.9 Å². The average molecular weight is 672 g/mol. The van der Waals surface area contributed by atoms with Gasteiger partial charge in [0.25, 0.3) is 0 Å². The number of Topliss-reactive ketones (excluding diaryl/α,β-unsaturated/α-hetero) is 1. The summed E-state index contributed by atoms with van der Waals surface area (Å²) in [4.78, 5) is 14.2. The van der Waals surface area contributed by atoms with Crippen LogP contribution in [0.15, 0.2) is 60.9 Å². The van der Waals surface area contributed by atoms with Crippen LogP contribution >= 0.6 is 31.9 Å². The van der Waals surface area contributed by atoms with Crippen LogP contribution in [0.4, 0.5) is 0 Å². The van der Waals surface area contributed by atoms with Gasteiger partial charge in [0.15, 0.2) is 0 Å². The molecule has 0 bridgehead atoms. The molecule has 0 aliphatic heterocycles. The Morgan fingerprint density at radius 3 is 1.40 bits per heavy atom. The number of carbonyl (C=O) groups is 1. The van der Waals surface area contributed by atoms with Gasteiger partial charge in [0.2, 0.25) is 0 Å². The third-order valence-electron chi connectivity index (χ3n) is 7.16. The van der Waals surface area contributed by atoms with E-state index in [-0.39, 0.29) is 17.6 Å². The van der Waals surface area contributed by atoms with Crippen LogP contribution in [0.5, 0.6) is 11.5 Å². The molecule has 0 fully saturated rings. The summed E-state index contributed by atoms with van der Waals surface area (Å²) in [7, 11) is 3.32. The minimum atomic E-state index is -0.322. The number of ether oxygens (including phenoxy) is 2. The SMILES string of the molecule is CCc1nn(Cc2ccc(OC)cc2)cc1C(CBr)C(=O)C(CBr)c1cn(Cc2ccc(OC)cc2)nc1CC. The molecule has 0 aliphatic carbocycles. The van der Waals surface area contributed by atoms with Gasteiger partial charge in [-0.3, -0.25) is 14.2 Å². The number of aryl methyl sites for hydroxylation is 2. The van der Waals surface area contributed by atoms with E-state index in [1.54, 1.807) is 14.2 Å². The molecular formula is C31H36Br2N4O3. The second kappa shape index (κ2) is 14.1. The molecule has 0 amide bonds. The highest BCUT2D eigenvalue weighted by Gasteiger charge is 2.33. The first-order chi connectivity index (χ1) is 19.4. The molecule has 2 heterocycles. The van der Waals surface area contributed by atoms with Gasteiger partial charge in [0, 0.05) is 34.2 Å². The van der Waals surface area contributed by atoms with Gasteiger partial charge in [0.05, 0.1) is 50.5 Å². The first kappa shape index (κ1) is 30.1. The maximum atomic E-state index is 14.2. The van der Waals surface area contributed by atoms with E-state index in [2.05, 4.69) is 45.7 Å². The number of benzene rings is 2. The fraction of sp³-hybridized carbons (Fsp3) is 0.387. The lowest BCUT2D eigenvalue weighted by Crippen LogP contribution is -2.24. The molecule has 4 rings (SSSR count). The first-order valence-corrected chi connectivity index (χ1v) is 15.7. The first-order valence-electron chi connectivity index (χ1n) is 13.5. The molecule has 9 heteroatoms. The van der Waals surface area contributed by atoms with Crippen molar-refractivity contribution in [3.05, 3.63) is 94.6 Å². The number of methoxy groups -OCH3 is 2. The van der Waals surface area contributed by atoms with Crippen molar-refractivity contribution in [1.82, 2.24) is 19.6 Å². The van der Waals surface area contributed by atoms with Crippen molar-refractivity contribution in [3.8, 4) is 11.5 Å². The molecule has 2 unspecified atom stereocenters. The maximum Gasteiger partial charge on any atom is 0.149 e. The topological polar surface area (TPSA) is 71.2 Å². The molecule has 40 heavy (non-hydrogen) atoms. The molecule has 2 aromatic heterocycles. The second-order valence-electron chi connectivity index (χ2n) is 9.68. The summed E-state index contributed by atoms with van der Waals surface area (Å²) >= 11 is 7.31. The Kier molecular flexibility index (Phi) is 10.6. The fourth-order valence-electron chi connectivity index (χ4n) is 4.95. The van der Waals surface area contributed by atoms with Crippen LogP contribution in [0.3, 0.4) is 0 Å². The van der Waals surface area contributed by atoms with Gasteiger partial charge in [-0.2, -0.15) is 10.2 Å². The van der Waals surface area contributed by atoms with E-state index in [1.165, 1.54) is 0 Å². The van der Waals surface area contributed by atoms with Crippen molar-refractivity contribution >= 4 is 37.6 Å². The summed E-state index contributed by atoms with van der Waals surface area (Å²) in [6.07, 6.45) is 5.57. The van der Waals surface area contributed by atoms with E-state index >= 15 is 0 Å². The highest BCUT2D eigenvalue weighted by Crippen LogP contribution is 2.33. The molecule has 0 aliphatic rings. The van der Waals surface area contributed by atoms with Crippen molar-refractivity contribution in [2.24, 2.45) is 0 Å². The molecule has 2 aromatic carbocycles. The Morgan fingerprint density at radius 1 is 0.725 bits per heavy atom. The zero-order valence-electron chi connectivity index (χ0n) is 23.4. The number of carbonyl (C=O) groups excluding carboxylic acids is 1. The van der Waals surface area contributed by atoms with Gasteiger partial charge >= 0.3 is 0 Å². The fourth-order valence-corrected chi connectivity index (χ4v) is 6.29. The quantitative estimate of drug-likeness (QED) is 0.142. The molecule has 0 saturated carbocycles. The Bertz CT molecular complexity index is 1290. The highest BCUT2D eigenvalue weighted by atomic mass is 79.9. The van der Waals surface area contributed by atoms with Gasteiger partial charge in [0.1, 0.15) is 17.3 Å². The van der Waals surface area contributed by atoms with Gasteiger partial charge in [-0.1, -0.05) is 70.0 Å². The predicted molar refractivity (Wildman–Crippen MR) is 165 cm³/mol. The number of nitrogens with zero attached hydrogens (tertiary/aromatic N) is 4. The number of ketones is 1. The normalized spacial score (nSPS) is 12.8. The minimum Gasteiger partial charge on any atom is -0.497 e. The monoisotopic (exact) mass is 670 g/mol. The van der Waals surface area contributed by atoms with Crippen LogP contribution in [-0.4, -0.2) is 50.2 Å². The Morgan fingerprint density at radius 2 is 1.10 bits per heavy atom. The zero-order valence-corrected chi connectivity index (χ0v) is 26.6. The average Bonchev–Trinajstić information content (AvgIpc) is 3.58. The van der Waals surface area contributed by atoms with E-state index < -0.39 is 0 Å². The Labute approximate surface area is 253 Å². The summed E-state index contributed by atoms with van der Waals surface area (Å²) in [5.74, 6) is 1.16. The molecular weight excluding hydrogens is 636 g/mol. The third kappa shape index (κ3) is 6.86. The van der Waals surface area contributed by atoms with E-state index in [1.807, 2.05) is 70.3 Å². The van der Waals surface area contributed by atoms with E-state index in [0.29, 0.717) is 23.7 Å². The van der Waals surface area contributed by atoms with Crippen molar-refractivity contribution in [1.29, 1.82) is 0 Å². The molecule has 212 valence electrons. The Hall–Kier alpha value is -2.91. The summed E-state index contributed by atoms with van der Waals surface area (Å²) in [6, 6.07) is 16.0. The van der Waals surface area contributed by atoms with Crippen molar-refractivity contribution in [3.63, 3.8) is 0 Å². The van der Waals surface area contributed by atoms with Crippen molar-refractivity contribution in [2.45, 2.75) is 51.6 Å². The van der Waals surface area contributed by atoms with Crippen LogP contribution in [0.2, 0.25) is 0 Å². The van der Waals surface area contributed by atoms with Crippen LogP contribution in [0.25, 0.3) is 0 Å². The lowest BCUT2D eigenvalue weighted by Gasteiger charge is -2.20. The number of halogens is 2. The van der Waals surface area contributed by atoms with E-state index in [9.17, 15) is 4.79 Å². The van der Waals surface area contributed by atoms with Crippen LogP contribution in [-0.2, 0) is 30.7 Å². The molecule has 0 radical (unpaired) electrons. The smallest absolute Gasteiger partial charge is 0.149 e. The predicted octanol–water partition coefficient (Wildman–Crippen LogP) is 6.54. The highest BCUT2D eigenvalue weighted by molar-refractivity contribution is 9.09. The third-order valence-corrected chi connectivity index (χ3v) is 8.46. The van der Waals surface area contributed by atoms with E-state index in [0.717, 1.165) is 58.0 Å². The molecule has 0 spiro atoms. The molecule has 0 saturated heterocycles. The van der Waals surface area contributed by atoms with Crippen LogP contribution in [0, 0.1) is 0 Å². The number of alkyl halides is 2. The lowest BCUT2D eigenvalue weighted by molar-refractivity contribution is -0.121. The standard InChI is InChI=1S/C31H36Br2N4O3/c1-5-29-27(19-36(34-29)17-21-7-11-23(39-3)12-8-21)25(15-32)31(38)26(16-33)28-20-37(35-30(28)6-2)18-22-9-13-24(40-4)14-10-22/h7-14,19-20,25-26H,5-6,15-18H2,1-4H3. The van der Waals surface area contributed by atoms with Crippen LogP contribution in [0.1, 0.15) is 59.3 Å². The molecule has 7 nitrogen and oxygen atoms in total. The maximum absolute atomic E-state index is 14.2. The number of aromatic nitrogens is 4. The lowest BCUT2D eigenvalue weighted by atomic mass is 9.85. The summed E-state index contributed by atoms with van der Waals surface area (Å²) in [6.45, 7) is 5.42. The number of hydrogen-bond acceptors (Lipinski definition) is 5. The summed E-state index contributed by atoms with van der Waals surface area (Å²) < 4.78 is 14.4. The molecule has 4 aromatic rings. The van der Waals surface area contributed by atoms with Crippen molar-refractivity contribution < 1.29 is 14.3 Å². The number of rotatable bonds is 14. The van der Waals surface area contributed by atoms with Gasteiger partial charge < -0.3 is 9.47 Å². The Balaban J connectivity index is 1.58. The van der Waals surface area contributed by atoms with Gasteiger partial charge in [-0.15, -0.1) is 0 Å². The second-order valence-corrected chi connectivity index (χ2v) is 11.0. The molecule has 0 N–H and O–H groups in total.